The molecule has 0 rings (SSSR count). The molecule has 1 atom stereocenters. The minimum atomic E-state index is -1.01. The summed E-state index contributed by atoms with van der Waals surface area (Å²) in [4.78, 5) is 10.3. The van der Waals surface area contributed by atoms with Crippen LogP contribution in [-0.2, 0) is 4.74 Å². The maximum atomic E-state index is 10.3. The lowest BCUT2D eigenvalue weighted by Gasteiger charge is -2.20. The van der Waals surface area contributed by atoms with E-state index in [1.807, 2.05) is 26.0 Å². The number of nitrogens with one attached hydrogen (secondary N) is 1. The molecule has 0 aliphatic carbocycles. The smallest absolute Gasteiger partial charge is 0.405 e. The van der Waals surface area contributed by atoms with Crippen LogP contribution in [0.25, 0.3) is 0 Å². The van der Waals surface area contributed by atoms with E-state index in [1.54, 1.807) is 14.0 Å². The summed E-state index contributed by atoms with van der Waals surface area (Å²) in [6, 6.07) is -0.167. The van der Waals surface area contributed by atoms with Crippen LogP contribution in [0.15, 0.2) is 12.2 Å². The van der Waals surface area contributed by atoms with Crippen molar-refractivity contribution in [3.63, 3.8) is 0 Å². The average Bonchev–Trinajstić information content (AvgIpc) is 2.02. The van der Waals surface area contributed by atoms with Gasteiger partial charge in [0.1, 0.15) is 0 Å². The van der Waals surface area contributed by atoms with Crippen molar-refractivity contribution >= 4 is 6.09 Å². The summed E-state index contributed by atoms with van der Waals surface area (Å²) in [5, 5.41) is 10.8. The van der Waals surface area contributed by atoms with E-state index < -0.39 is 6.09 Å². The predicted molar refractivity (Wildman–Crippen MR) is 55.5 cm³/mol. The fraction of sp³-hybridized carbons (Fsp3) is 0.700. The molecule has 0 heterocycles. The zero-order valence-corrected chi connectivity index (χ0v) is 9.20. The van der Waals surface area contributed by atoms with Crippen LogP contribution in [0.5, 0.6) is 0 Å². The van der Waals surface area contributed by atoms with Crippen molar-refractivity contribution in [1.82, 2.24) is 5.32 Å². The Morgan fingerprint density at radius 2 is 2.21 bits per heavy atom. The molecule has 0 aliphatic heterocycles. The van der Waals surface area contributed by atoms with Crippen molar-refractivity contribution in [2.45, 2.75) is 38.8 Å². The standard InChI is InChI=1S/C10H19NO3/c1-8(11-9(12)13)6-5-7-10(2,3)14-4/h5-6,8,11H,7H2,1-4H3,(H,12,13). The van der Waals surface area contributed by atoms with Crippen molar-refractivity contribution in [2.24, 2.45) is 0 Å². The van der Waals surface area contributed by atoms with Crippen molar-refractivity contribution in [3.05, 3.63) is 12.2 Å². The van der Waals surface area contributed by atoms with Crippen LogP contribution in [0.2, 0.25) is 0 Å². The zero-order valence-electron chi connectivity index (χ0n) is 9.20. The largest absolute Gasteiger partial charge is 0.465 e. The van der Waals surface area contributed by atoms with Gasteiger partial charge in [0.2, 0.25) is 0 Å². The molecule has 0 aromatic rings. The number of amides is 1. The Kier molecular flexibility index (Phi) is 5.23. The van der Waals surface area contributed by atoms with Gasteiger partial charge in [-0.15, -0.1) is 0 Å². The van der Waals surface area contributed by atoms with Crippen LogP contribution in [0.4, 0.5) is 4.79 Å². The van der Waals surface area contributed by atoms with Crippen LogP contribution >= 0.6 is 0 Å². The maximum Gasteiger partial charge on any atom is 0.405 e. The van der Waals surface area contributed by atoms with Gasteiger partial charge < -0.3 is 15.2 Å². The van der Waals surface area contributed by atoms with Gasteiger partial charge in [0, 0.05) is 13.2 Å². The molecule has 4 heteroatoms. The third-order valence-electron chi connectivity index (χ3n) is 1.94. The summed E-state index contributed by atoms with van der Waals surface area (Å²) in [7, 11) is 1.66. The fourth-order valence-electron chi connectivity index (χ4n) is 0.882. The zero-order chi connectivity index (χ0) is 11.2. The molecule has 0 bridgehead atoms. The Hall–Kier alpha value is -1.03. The molecule has 0 saturated heterocycles. The molecule has 0 spiro atoms. The van der Waals surface area contributed by atoms with E-state index in [0.29, 0.717) is 0 Å². The molecular weight excluding hydrogens is 182 g/mol. The Balaban J connectivity index is 3.88. The highest BCUT2D eigenvalue weighted by atomic mass is 16.5. The Bertz CT molecular complexity index is 211. The van der Waals surface area contributed by atoms with Crippen molar-refractivity contribution in [2.75, 3.05) is 7.11 Å². The molecule has 0 aromatic heterocycles. The molecular formula is C10H19NO3. The van der Waals surface area contributed by atoms with E-state index in [1.165, 1.54) is 0 Å². The summed E-state index contributed by atoms with van der Waals surface area (Å²) in [6.45, 7) is 5.74. The highest BCUT2D eigenvalue weighted by Crippen LogP contribution is 2.13. The number of ether oxygens (including phenoxy) is 1. The maximum absolute atomic E-state index is 10.3. The molecule has 0 aliphatic rings. The lowest BCUT2D eigenvalue weighted by atomic mass is 10.0. The number of hydrogen-bond donors (Lipinski definition) is 2. The minimum absolute atomic E-state index is 0.167. The Morgan fingerprint density at radius 3 is 2.64 bits per heavy atom. The van der Waals surface area contributed by atoms with E-state index in [9.17, 15) is 4.79 Å². The minimum Gasteiger partial charge on any atom is -0.465 e. The second-order valence-electron chi connectivity index (χ2n) is 3.83. The third kappa shape index (κ3) is 6.48. The summed E-state index contributed by atoms with van der Waals surface area (Å²) < 4.78 is 5.21. The monoisotopic (exact) mass is 201 g/mol. The molecule has 1 unspecified atom stereocenters. The SMILES string of the molecule is COC(C)(C)CC=CC(C)NC(=O)O. The number of carboxylic acid groups (broad SMARTS) is 1. The highest BCUT2D eigenvalue weighted by molar-refractivity contribution is 5.65. The molecule has 2 N–H and O–H groups in total. The first kappa shape index (κ1) is 13.0. The number of methoxy groups -OCH3 is 1. The first-order chi connectivity index (χ1) is 6.37. The Morgan fingerprint density at radius 1 is 1.64 bits per heavy atom. The van der Waals surface area contributed by atoms with E-state index >= 15 is 0 Å². The summed E-state index contributed by atoms with van der Waals surface area (Å²) in [5.74, 6) is 0. The van der Waals surface area contributed by atoms with Gasteiger partial charge >= 0.3 is 6.09 Å². The topological polar surface area (TPSA) is 58.6 Å². The number of hydrogen-bond acceptors (Lipinski definition) is 2. The molecule has 1 amide bonds. The van der Waals surface area contributed by atoms with Crippen molar-refractivity contribution < 1.29 is 14.6 Å². The van der Waals surface area contributed by atoms with E-state index in [4.69, 9.17) is 9.84 Å². The van der Waals surface area contributed by atoms with Crippen LogP contribution in [0.3, 0.4) is 0 Å². The molecule has 0 saturated carbocycles. The summed E-state index contributed by atoms with van der Waals surface area (Å²) >= 11 is 0. The van der Waals surface area contributed by atoms with Crippen LogP contribution < -0.4 is 5.32 Å². The van der Waals surface area contributed by atoms with Gasteiger partial charge in [0.15, 0.2) is 0 Å². The van der Waals surface area contributed by atoms with Gasteiger partial charge in [0.05, 0.1) is 5.60 Å². The summed E-state index contributed by atoms with van der Waals surface area (Å²) in [5.41, 5.74) is -0.195. The van der Waals surface area contributed by atoms with E-state index in [2.05, 4.69) is 5.32 Å². The number of carbonyl (C=O) groups is 1. The second kappa shape index (κ2) is 5.65. The van der Waals surface area contributed by atoms with Crippen LogP contribution in [0, 0.1) is 0 Å². The van der Waals surface area contributed by atoms with Gasteiger partial charge in [-0.3, -0.25) is 0 Å². The molecule has 0 aromatic carbocycles. The fourth-order valence-corrected chi connectivity index (χ4v) is 0.882. The first-order valence-corrected chi connectivity index (χ1v) is 4.58. The van der Waals surface area contributed by atoms with E-state index in [-0.39, 0.29) is 11.6 Å². The molecule has 82 valence electrons. The highest BCUT2D eigenvalue weighted by Gasteiger charge is 2.13. The first-order valence-electron chi connectivity index (χ1n) is 4.58. The second-order valence-corrected chi connectivity index (χ2v) is 3.83. The normalized spacial score (nSPS) is 14.3. The van der Waals surface area contributed by atoms with Gasteiger partial charge in [-0.1, -0.05) is 12.2 Å². The van der Waals surface area contributed by atoms with Gasteiger partial charge in [-0.25, -0.2) is 4.79 Å². The predicted octanol–water partition coefficient (Wildman–Crippen LogP) is 2.01. The molecule has 14 heavy (non-hydrogen) atoms. The lowest BCUT2D eigenvalue weighted by Crippen LogP contribution is -2.29. The quantitative estimate of drug-likeness (QED) is 0.669. The lowest BCUT2D eigenvalue weighted by molar-refractivity contribution is 0.0254. The number of rotatable bonds is 5. The molecule has 0 fully saturated rings. The van der Waals surface area contributed by atoms with Crippen molar-refractivity contribution in [3.8, 4) is 0 Å². The molecule has 0 radical (unpaired) electrons. The van der Waals surface area contributed by atoms with Crippen LogP contribution in [0.1, 0.15) is 27.2 Å². The molecule has 4 nitrogen and oxygen atoms in total. The van der Waals surface area contributed by atoms with Crippen LogP contribution in [-0.4, -0.2) is 30.0 Å². The third-order valence-corrected chi connectivity index (χ3v) is 1.94. The van der Waals surface area contributed by atoms with Gasteiger partial charge in [-0.05, 0) is 27.2 Å². The van der Waals surface area contributed by atoms with Gasteiger partial charge in [0.25, 0.3) is 0 Å². The van der Waals surface area contributed by atoms with E-state index in [0.717, 1.165) is 6.42 Å². The van der Waals surface area contributed by atoms with Gasteiger partial charge in [-0.2, -0.15) is 0 Å². The Labute approximate surface area is 85.0 Å². The summed E-state index contributed by atoms with van der Waals surface area (Å²) in [6.07, 6.45) is 3.49. The average molecular weight is 201 g/mol. The van der Waals surface area contributed by atoms with Crippen molar-refractivity contribution in [1.29, 1.82) is 0 Å².